The van der Waals surface area contributed by atoms with Crippen molar-refractivity contribution in [2.75, 3.05) is 10.2 Å². The summed E-state index contributed by atoms with van der Waals surface area (Å²) in [4.78, 5) is 39.3. The molecule has 1 N–H and O–H groups in total. The highest BCUT2D eigenvalue weighted by Crippen LogP contribution is 2.31. The minimum absolute atomic E-state index is 0.319. The summed E-state index contributed by atoms with van der Waals surface area (Å²) in [7, 11) is 0. The highest BCUT2D eigenvalue weighted by molar-refractivity contribution is 9.10. The van der Waals surface area contributed by atoms with Crippen LogP contribution in [0.1, 0.15) is 36.6 Å². The third-order valence-corrected chi connectivity index (χ3v) is 5.63. The van der Waals surface area contributed by atoms with Gasteiger partial charge in [-0.2, -0.15) is 0 Å². The molecule has 0 radical (unpaired) electrons. The van der Waals surface area contributed by atoms with Gasteiger partial charge in [0.15, 0.2) is 0 Å². The van der Waals surface area contributed by atoms with Crippen molar-refractivity contribution in [3.8, 4) is 0 Å². The Labute approximate surface area is 180 Å². The summed E-state index contributed by atoms with van der Waals surface area (Å²) in [5.74, 6) is -1.20. The monoisotopic (exact) mass is 468 g/mol. The summed E-state index contributed by atoms with van der Waals surface area (Å²) >= 11 is 9.42. The first-order chi connectivity index (χ1) is 13.9. The number of hydrogen-bond acceptors (Lipinski definition) is 3. The maximum Gasteiger partial charge on any atom is 0.266 e. The van der Waals surface area contributed by atoms with Gasteiger partial charge in [0, 0.05) is 20.7 Å². The Morgan fingerprint density at radius 3 is 2.48 bits per heavy atom. The van der Waals surface area contributed by atoms with Crippen LogP contribution in [0.4, 0.5) is 11.4 Å². The molecule has 29 heavy (non-hydrogen) atoms. The normalized spacial score (nSPS) is 12.9. The lowest BCUT2D eigenvalue weighted by atomic mass is 10.1. The standard InChI is InChI=1S/C22H14BrClN2O3/c1-12-18(24)6-3-7-19(12)25-20(27)13-4-2-5-15(10-13)26-21(28)16-9-8-14(23)11-17(16)22(26)29/h2-11H,1H3,(H,25,27). The van der Waals surface area contributed by atoms with Gasteiger partial charge in [0.25, 0.3) is 17.7 Å². The van der Waals surface area contributed by atoms with Crippen molar-refractivity contribution in [2.24, 2.45) is 0 Å². The molecule has 7 heteroatoms. The van der Waals surface area contributed by atoms with Crippen molar-refractivity contribution < 1.29 is 14.4 Å². The molecule has 0 saturated heterocycles. The lowest BCUT2D eigenvalue weighted by Crippen LogP contribution is -2.29. The maximum atomic E-state index is 12.8. The number of benzene rings is 3. The van der Waals surface area contributed by atoms with Gasteiger partial charge in [0.1, 0.15) is 0 Å². The van der Waals surface area contributed by atoms with Crippen LogP contribution in [-0.4, -0.2) is 17.7 Å². The number of hydrogen-bond donors (Lipinski definition) is 1. The molecule has 0 unspecified atom stereocenters. The fourth-order valence-corrected chi connectivity index (χ4v) is 3.71. The second-order valence-corrected chi connectivity index (χ2v) is 7.88. The number of rotatable bonds is 3. The van der Waals surface area contributed by atoms with E-state index in [0.717, 1.165) is 10.5 Å². The van der Waals surface area contributed by atoms with E-state index in [1.165, 1.54) is 6.07 Å². The summed E-state index contributed by atoms with van der Waals surface area (Å²) in [6, 6.07) is 16.6. The number of anilines is 2. The summed E-state index contributed by atoms with van der Waals surface area (Å²) in [6.45, 7) is 1.81. The van der Waals surface area contributed by atoms with Crippen molar-refractivity contribution in [3.63, 3.8) is 0 Å². The SMILES string of the molecule is Cc1c(Cl)cccc1NC(=O)c1cccc(N2C(=O)c3ccc(Br)cc3C2=O)c1. The highest BCUT2D eigenvalue weighted by Gasteiger charge is 2.36. The lowest BCUT2D eigenvalue weighted by molar-refractivity contribution is 0.0924. The Balaban J connectivity index is 1.64. The van der Waals surface area contributed by atoms with Crippen LogP contribution in [-0.2, 0) is 0 Å². The first-order valence-electron chi connectivity index (χ1n) is 8.71. The summed E-state index contributed by atoms with van der Waals surface area (Å²) in [5.41, 5.74) is 2.67. The van der Waals surface area contributed by atoms with Crippen LogP contribution in [0.25, 0.3) is 0 Å². The Bertz CT molecular complexity index is 1190. The van der Waals surface area contributed by atoms with Crippen molar-refractivity contribution >= 4 is 56.6 Å². The zero-order chi connectivity index (χ0) is 20.7. The zero-order valence-electron chi connectivity index (χ0n) is 15.2. The average Bonchev–Trinajstić information content (AvgIpc) is 2.95. The molecule has 3 amide bonds. The highest BCUT2D eigenvalue weighted by atomic mass is 79.9. The smallest absolute Gasteiger partial charge is 0.266 e. The van der Waals surface area contributed by atoms with Crippen molar-refractivity contribution in [1.29, 1.82) is 0 Å². The molecular weight excluding hydrogens is 456 g/mol. The maximum absolute atomic E-state index is 12.8. The first-order valence-corrected chi connectivity index (χ1v) is 9.89. The topological polar surface area (TPSA) is 66.5 Å². The molecule has 1 aliphatic rings. The minimum atomic E-state index is -0.422. The van der Waals surface area contributed by atoms with E-state index in [0.29, 0.717) is 37.6 Å². The fraction of sp³-hybridized carbons (Fsp3) is 0.0455. The number of fused-ring (bicyclic) bond motifs is 1. The van der Waals surface area contributed by atoms with Crippen LogP contribution >= 0.6 is 27.5 Å². The number of carbonyl (C=O) groups is 3. The van der Waals surface area contributed by atoms with Crippen LogP contribution in [0.5, 0.6) is 0 Å². The van der Waals surface area contributed by atoms with Crippen LogP contribution in [0, 0.1) is 6.92 Å². The second-order valence-electron chi connectivity index (χ2n) is 6.55. The van der Waals surface area contributed by atoms with Crippen LogP contribution < -0.4 is 10.2 Å². The Morgan fingerprint density at radius 2 is 1.69 bits per heavy atom. The third-order valence-electron chi connectivity index (χ3n) is 4.73. The first kappa shape index (κ1) is 19.4. The molecule has 4 rings (SSSR count). The molecule has 0 aromatic heterocycles. The quantitative estimate of drug-likeness (QED) is 0.518. The van der Waals surface area contributed by atoms with E-state index in [-0.39, 0.29) is 5.91 Å². The van der Waals surface area contributed by atoms with Gasteiger partial charge in [-0.25, -0.2) is 4.90 Å². The molecule has 3 aromatic carbocycles. The average molecular weight is 470 g/mol. The van der Waals surface area contributed by atoms with Crippen LogP contribution in [0.2, 0.25) is 5.02 Å². The molecule has 1 heterocycles. The molecule has 0 saturated carbocycles. The molecule has 0 aliphatic carbocycles. The number of nitrogens with zero attached hydrogens (tertiary/aromatic N) is 1. The van der Waals surface area contributed by atoms with Crippen LogP contribution in [0.15, 0.2) is 65.1 Å². The molecular formula is C22H14BrClN2O3. The van der Waals surface area contributed by atoms with E-state index in [2.05, 4.69) is 21.2 Å². The van der Waals surface area contributed by atoms with Gasteiger partial charge in [0.2, 0.25) is 0 Å². The van der Waals surface area contributed by atoms with E-state index in [4.69, 9.17) is 11.6 Å². The van der Waals surface area contributed by atoms with Crippen molar-refractivity contribution in [1.82, 2.24) is 0 Å². The predicted molar refractivity (Wildman–Crippen MR) is 116 cm³/mol. The van der Waals surface area contributed by atoms with E-state index in [1.807, 2.05) is 6.92 Å². The van der Waals surface area contributed by atoms with Gasteiger partial charge in [-0.1, -0.05) is 39.7 Å². The summed E-state index contributed by atoms with van der Waals surface area (Å²) in [6.07, 6.45) is 0. The minimum Gasteiger partial charge on any atom is -0.322 e. The van der Waals surface area contributed by atoms with E-state index >= 15 is 0 Å². The van der Waals surface area contributed by atoms with Crippen molar-refractivity contribution in [3.05, 3.63) is 92.4 Å². The number of nitrogens with one attached hydrogen (secondary N) is 1. The summed E-state index contributed by atoms with van der Waals surface area (Å²) in [5, 5.41) is 3.36. The number of amides is 3. The Hall–Kier alpha value is -2.96. The van der Waals surface area contributed by atoms with Crippen molar-refractivity contribution in [2.45, 2.75) is 6.92 Å². The predicted octanol–water partition coefficient (Wildman–Crippen LogP) is 5.46. The molecule has 0 fully saturated rings. The second kappa shape index (κ2) is 7.46. The van der Waals surface area contributed by atoms with Gasteiger partial charge in [-0.15, -0.1) is 0 Å². The lowest BCUT2D eigenvalue weighted by Gasteiger charge is -2.15. The largest absolute Gasteiger partial charge is 0.322 e. The molecule has 3 aromatic rings. The van der Waals surface area contributed by atoms with E-state index in [1.54, 1.807) is 54.6 Å². The summed E-state index contributed by atoms with van der Waals surface area (Å²) < 4.78 is 0.712. The molecule has 1 aliphatic heterocycles. The van der Waals surface area contributed by atoms with Crippen LogP contribution in [0.3, 0.4) is 0 Å². The molecule has 0 spiro atoms. The third kappa shape index (κ3) is 3.45. The van der Waals surface area contributed by atoms with Gasteiger partial charge in [-0.3, -0.25) is 14.4 Å². The Kier molecular flexibility index (Phi) is 4.98. The number of carbonyl (C=O) groups excluding carboxylic acids is 3. The fourth-order valence-electron chi connectivity index (χ4n) is 3.17. The van der Waals surface area contributed by atoms with E-state index in [9.17, 15) is 14.4 Å². The number of imide groups is 1. The number of halogens is 2. The zero-order valence-corrected chi connectivity index (χ0v) is 17.5. The molecule has 144 valence electrons. The molecule has 5 nitrogen and oxygen atoms in total. The Morgan fingerprint density at radius 1 is 0.966 bits per heavy atom. The van der Waals surface area contributed by atoms with Gasteiger partial charge in [-0.05, 0) is 61.0 Å². The molecule has 0 bridgehead atoms. The van der Waals surface area contributed by atoms with Gasteiger partial charge < -0.3 is 5.32 Å². The van der Waals surface area contributed by atoms with E-state index < -0.39 is 11.8 Å². The molecule has 0 atom stereocenters. The van der Waals surface area contributed by atoms with Gasteiger partial charge >= 0.3 is 0 Å². The van der Waals surface area contributed by atoms with Gasteiger partial charge in [0.05, 0.1) is 16.8 Å².